The summed E-state index contributed by atoms with van der Waals surface area (Å²) in [5.74, 6) is 0.858. The van der Waals surface area contributed by atoms with Crippen LogP contribution in [0.4, 0.5) is 0 Å². The average molecular weight is 301 g/mol. The van der Waals surface area contributed by atoms with Crippen molar-refractivity contribution in [3.05, 3.63) is 39.3 Å². The van der Waals surface area contributed by atoms with Crippen molar-refractivity contribution >= 4 is 27.5 Å². The lowest BCUT2D eigenvalue weighted by Gasteiger charge is -2.10. The summed E-state index contributed by atoms with van der Waals surface area (Å²) >= 11 is 9.62. The summed E-state index contributed by atoms with van der Waals surface area (Å²) in [7, 11) is 0. The van der Waals surface area contributed by atoms with Crippen molar-refractivity contribution in [2.24, 2.45) is 0 Å². The van der Waals surface area contributed by atoms with Crippen LogP contribution in [0.5, 0.6) is 0 Å². The van der Waals surface area contributed by atoms with Gasteiger partial charge in [0.1, 0.15) is 5.82 Å². The molecule has 0 saturated carbocycles. The third kappa shape index (κ3) is 1.87. The maximum absolute atomic E-state index is 6.05. The number of aromatic nitrogens is 3. The zero-order valence-corrected chi connectivity index (χ0v) is 11.4. The van der Waals surface area contributed by atoms with Gasteiger partial charge in [0.25, 0.3) is 0 Å². The van der Waals surface area contributed by atoms with E-state index < -0.39 is 0 Å². The van der Waals surface area contributed by atoms with Gasteiger partial charge in [-0.3, -0.25) is 4.57 Å². The molecule has 0 bridgehead atoms. The van der Waals surface area contributed by atoms with Crippen LogP contribution in [0, 0.1) is 6.92 Å². The highest BCUT2D eigenvalue weighted by Gasteiger charge is 2.13. The minimum Gasteiger partial charge on any atom is -0.269 e. The van der Waals surface area contributed by atoms with Crippen molar-refractivity contribution in [2.45, 2.75) is 20.3 Å². The van der Waals surface area contributed by atoms with Crippen molar-refractivity contribution < 1.29 is 0 Å². The Kier molecular flexibility index (Phi) is 3.30. The molecule has 0 radical (unpaired) electrons. The Bertz CT molecular complexity index is 522. The van der Waals surface area contributed by atoms with Crippen molar-refractivity contribution in [1.29, 1.82) is 0 Å². The molecular formula is C11H11BrClN3. The van der Waals surface area contributed by atoms with Gasteiger partial charge in [-0.25, -0.2) is 0 Å². The Labute approximate surface area is 108 Å². The van der Waals surface area contributed by atoms with E-state index in [4.69, 9.17) is 11.6 Å². The largest absolute Gasteiger partial charge is 0.269 e. The van der Waals surface area contributed by atoms with Crippen LogP contribution in [0.1, 0.15) is 18.3 Å². The Morgan fingerprint density at radius 2 is 2.12 bits per heavy atom. The third-order valence-corrected chi connectivity index (χ3v) is 3.70. The second-order valence-electron chi connectivity index (χ2n) is 3.48. The maximum atomic E-state index is 6.05. The molecule has 0 aliphatic rings. The minimum absolute atomic E-state index is 0.392. The molecule has 1 aromatic heterocycles. The van der Waals surface area contributed by atoms with E-state index in [2.05, 4.69) is 26.1 Å². The number of aryl methyl sites for hydroxylation is 2. The summed E-state index contributed by atoms with van der Waals surface area (Å²) < 4.78 is 2.88. The predicted octanol–water partition coefficient (Wildman–Crippen LogP) is 3.55. The van der Waals surface area contributed by atoms with Gasteiger partial charge in [-0.2, -0.15) is 0 Å². The lowest BCUT2D eigenvalue weighted by molar-refractivity contribution is 0.880. The van der Waals surface area contributed by atoms with Crippen LogP contribution in [0.25, 0.3) is 5.69 Å². The lowest BCUT2D eigenvalue weighted by atomic mass is 10.2. The first-order valence-corrected chi connectivity index (χ1v) is 6.17. The Morgan fingerprint density at radius 3 is 2.81 bits per heavy atom. The van der Waals surface area contributed by atoms with E-state index in [0.29, 0.717) is 5.28 Å². The molecule has 1 heterocycles. The highest BCUT2D eigenvalue weighted by molar-refractivity contribution is 9.10. The van der Waals surface area contributed by atoms with Crippen LogP contribution in [-0.2, 0) is 6.42 Å². The van der Waals surface area contributed by atoms with Gasteiger partial charge in [-0.15, -0.1) is 10.2 Å². The van der Waals surface area contributed by atoms with Crippen molar-refractivity contribution in [3.8, 4) is 5.69 Å². The molecule has 1 aromatic carbocycles. The number of hydrogen-bond acceptors (Lipinski definition) is 2. The molecule has 0 fully saturated rings. The topological polar surface area (TPSA) is 30.7 Å². The quantitative estimate of drug-likeness (QED) is 0.849. The van der Waals surface area contributed by atoms with Gasteiger partial charge in [0, 0.05) is 10.9 Å². The average Bonchev–Trinajstić information content (AvgIpc) is 2.64. The van der Waals surface area contributed by atoms with E-state index in [1.807, 2.05) is 36.6 Å². The normalized spacial score (nSPS) is 10.8. The molecule has 5 heteroatoms. The molecule has 0 atom stereocenters. The first kappa shape index (κ1) is 11.6. The van der Waals surface area contributed by atoms with Gasteiger partial charge in [0.15, 0.2) is 0 Å². The maximum Gasteiger partial charge on any atom is 0.229 e. The molecule has 0 unspecified atom stereocenters. The van der Waals surface area contributed by atoms with Crippen LogP contribution >= 0.6 is 27.5 Å². The second kappa shape index (κ2) is 4.55. The molecule has 0 saturated heterocycles. The van der Waals surface area contributed by atoms with E-state index in [1.54, 1.807) is 0 Å². The van der Waals surface area contributed by atoms with Gasteiger partial charge in [0.05, 0.1) is 5.69 Å². The standard InChI is InChI=1S/C11H11BrClN3/c1-3-9-14-15-11(13)16(9)8-6-4-5-7(2)10(8)12/h4-6H,3H2,1-2H3. The third-order valence-electron chi connectivity index (χ3n) is 2.42. The van der Waals surface area contributed by atoms with Gasteiger partial charge in [-0.1, -0.05) is 19.1 Å². The molecule has 16 heavy (non-hydrogen) atoms. The lowest BCUT2D eigenvalue weighted by Crippen LogP contribution is -2.01. The van der Waals surface area contributed by atoms with E-state index in [1.165, 1.54) is 0 Å². The van der Waals surface area contributed by atoms with Crippen LogP contribution in [0.15, 0.2) is 22.7 Å². The number of rotatable bonds is 2. The fraction of sp³-hybridized carbons (Fsp3) is 0.273. The molecule has 84 valence electrons. The number of hydrogen-bond donors (Lipinski definition) is 0. The van der Waals surface area contributed by atoms with E-state index in [0.717, 1.165) is 28.0 Å². The molecule has 0 aliphatic carbocycles. The first-order chi connectivity index (χ1) is 7.65. The van der Waals surface area contributed by atoms with Gasteiger partial charge in [0.2, 0.25) is 5.28 Å². The van der Waals surface area contributed by atoms with Gasteiger partial charge in [-0.05, 0) is 46.1 Å². The number of benzene rings is 1. The SMILES string of the molecule is CCc1nnc(Cl)n1-c1cccc(C)c1Br. The van der Waals surface area contributed by atoms with Gasteiger partial charge < -0.3 is 0 Å². The van der Waals surface area contributed by atoms with Crippen molar-refractivity contribution in [3.63, 3.8) is 0 Å². The first-order valence-electron chi connectivity index (χ1n) is 5.00. The molecule has 0 N–H and O–H groups in total. The Balaban J connectivity index is 2.67. The summed E-state index contributed by atoms with van der Waals surface area (Å²) in [6, 6.07) is 6.02. The summed E-state index contributed by atoms with van der Waals surface area (Å²) in [5.41, 5.74) is 2.14. The van der Waals surface area contributed by atoms with Crippen LogP contribution in [-0.4, -0.2) is 14.8 Å². The molecule has 0 amide bonds. The second-order valence-corrected chi connectivity index (χ2v) is 4.61. The number of halogens is 2. The smallest absolute Gasteiger partial charge is 0.229 e. The van der Waals surface area contributed by atoms with Gasteiger partial charge >= 0.3 is 0 Å². The predicted molar refractivity (Wildman–Crippen MR) is 68.2 cm³/mol. The fourth-order valence-electron chi connectivity index (χ4n) is 1.57. The molecule has 3 nitrogen and oxygen atoms in total. The zero-order valence-electron chi connectivity index (χ0n) is 9.04. The van der Waals surface area contributed by atoms with Crippen molar-refractivity contribution in [2.75, 3.05) is 0 Å². The number of nitrogens with zero attached hydrogens (tertiary/aromatic N) is 3. The van der Waals surface area contributed by atoms with E-state index in [9.17, 15) is 0 Å². The molecule has 2 aromatic rings. The van der Waals surface area contributed by atoms with Crippen LogP contribution in [0.3, 0.4) is 0 Å². The highest BCUT2D eigenvalue weighted by atomic mass is 79.9. The van der Waals surface area contributed by atoms with E-state index in [-0.39, 0.29) is 0 Å². The summed E-state index contributed by atoms with van der Waals surface area (Å²) in [4.78, 5) is 0. The minimum atomic E-state index is 0.392. The zero-order chi connectivity index (χ0) is 11.7. The van der Waals surface area contributed by atoms with Crippen LogP contribution < -0.4 is 0 Å². The summed E-state index contributed by atoms with van der Waals surface area (Å²) in [6.45, 7) is 4.07. The molecular weight excluding hydrogens is 289 g/mol. The monoisotopic (exact) mass is 299 g/mol. The molecule has 2 rings (SSSR count). The Hall–Kier alpha value is -0.870. The fourth-order valence-corrected chi connectivity index (χ4v) is 2.23. The summed E-state index contributed by atoms with van der Waals surface area (Å²) in [6.07, 6.45) is 0.792. The van der Waals surface area contributed by atoms with E-state index >= 15 is 0 Å². The summed E-state index contributed by atoms with van der Waals surface area (Å²) in [5, 5.41) is 8.33. The highest BCUT2D eigenvalue weighted by Crippen LogP contribution is 2.27. The van der Waals surface area contributed by atoms with Crippen LogP contribution in [0.2, 0.25) is 5.28 Å². The molecule has 0 aliphatic heterocycles. The van der Waals surface area contributed by atoms with Crippen molar-refractivity contribution in [1.82, 2.24) is 14.8 Å². The molecule has 0 spiro atoms. The Morgan fingerprint density at radius 1 is 1.38 bits per heavy atom.